The molecule has 2 nitrogen and oxygen atoms in total. The summed E-state index contributed by atoms with van der Waals surface area (Å²) in [5, 5.41) is 0. The Hall–Kier alpha value is -0.0800. The molecular formula is C16H28N2. The number of nitrogens with two attached hydrogens (primary N) is 1. The Bertz CT molecular complexity index is 282. The van der Waals surface area contributed by atoms with Crippen LogP contribution in [0, 0.1) is 23.7 Å². The van der Waals surface area contributed by atoms with Gasteiger partial charge in [-0.2, -0.15) is 0 Å². The molecule has 102 valence electrons. The zero-order valence-electron chi connectivity index (χ0n) is 11.6. The molecule has 2 heteroatoms. The van der Waals surface area contributed by atoms with Gasteiger partial charge in [0.15, 0.2) is 0 Å². The minimum atomic E-state index is 0.647. The molecule has 5 rings (SSSR count). The van der Waals surface area contributed by atoms with Crippen LogP contribution in [0.4, 0.5) is 0 Å². The van der Waals surface area contributed by atoms with Crippen LogP contribution in [0.25, 0.3) is 0 Å². The molecule has 0 amide bonds. The van der Waals surface area contributed by atoms with Gasteiger partial charge in [0.2, 0.25) is 0 Å². The highest BCUT2D eigenvalue weighted by atomic mass is 15.2. The Labute approximate surface area is 111 Å². The molecule has 4 bridgehead atoms. The molecule has 0 atom stereocenters. The first kappa shape index (κ1) is 11.7. The molecule has 0 aromatic heterocycles. The van der Waals surface area contributed by atoms with E-state index in [9.17, 15) is 0 Å². The van der Waals surface area contributed by atoms with Crippen molar-refractivity contribution in [3.8, 4) is 0 Å². The molecular weight excluding hydrogens is 220 g/mol. The molecule has 18 heavy (non-hydrogen) atoms. The van der Waals surface area contributed by atoms with Crippen molar-refractivity contribution < 1.29 is 0 Å². The second-order valence-corrected chi connectivity index (χ2v) is 7.81. The maximum absolute atomic E-state index is 5.84. The van der Waals surface area contributed by atoms with Crippen LogP contribution in [0.2, 0.25) is 0 Å². The molecule has 2 N–H and O–H groups in total. The first-order chi connectivity index (χ1) is 8.77. The van der Waals surface area contributed by atoms with Crippen LogP contribution in [-0.4, -0.2) is 30.1 Å². The van der Waals surface area contributed by atoms with Crippen molar-refractivity contribution in [3.63, 3.8) is 0 Å². The normalized spacial score (nSPS) is 48.8. The molecule has 1 saturated heterocycles. The summed E-state index contributed by atoms with van der Waals surface area (Å²) in [6.07, 6.45) is 12.0. The van der Waals surface area contributed by atoms with Gasteiger partial charge in [-0.1, -0.05) is 0 Å². The third-order valence-corrected chi connectivity index (χ3v) is 6.62. The monoisotopic (exact) mass is 248 g/mol. The van der Waals surface area contributed by atoms with Gasteiger partial charge in [0.05, 0.1) is 0 Å². The fourth-order valence-corrected chi connectivity index (χ4v) is 6.10. The molecule has 1 aliphatic heterocycles. The second kappa shape index (κ2) is 4.21. The molecule has 0 aromatic carbocycles. The van der Waals surface area contributed by atoms with Crippen LogP contribution in [-0.2, 0) is 0 Å². The zero-order valence-corrected chi connectivity index (χ0v) is 11.6. The number of nitrogens with zero attached hydrogens (tertiary/aromatic N) is 1. The lowest BCUT2D eigenvalue weighted by molar-refractivity contribution is -0.0978. The van der Waals surface area contributed by atoms with E-state index in [1.54, 1.807) is 19.3 Å². The molecule has 4 saturated carbocycles. The number of hydrogen-bond acceptors (Lipinski definition) is 2. The molecule has 5 aliphatic rings. The van der Waals surface area contributed by atoms with Crippen LogP contribution in [0.5, 0.6) is 0 Å². The standard InChI is InChI=1S/C16H28N2/c17-11-12-1-3-18(4-2-12)16-8-13-5-14(9-16)7-15(6-13)10-16/h12-15H,1-11,17H2. The van der Waals surface area contributed by atoms with Crippen molar-refractivity contribution in [2.75, 3.05) is 19.6 Å². The van der Waals surface area contributed by atoms with Crippen molar-refractivity contribution in [2.45, 2.75) is 56.9 Å². The van der Waals surface area contributed by atoms with Gasteiger partial charge in [-0.25, -0.2) is 0 Å². The Morgan fingerprint density at radius 2 is 1.39 bits per heavy atom. The van der Waals surface area contributed by atoms with Gasteiger partial charge in [-0.3, -0.25) is 4.90 Å². The summed E-state index contributed by atoms with van der Waals surface area (Å²) in [5.41, 5.74) is 6.48. The van der Waals surface area contributed by atoms with E-state index >= 15 is 0 Å². The number of likely N-dealkylation sites (tertiary alicyclic amines) is 1. The van der Waals surface area contributed by atoms with Crippen molar-refractivity contribution >= 4 is 0 Å². The molecule has 1 heterocycles. The summed E-state index contributed by atoms with van der Waals surface area (Å²) in [4.78, 5) is 2.91. The van der Waals surface area contributed by atoms with E-state index < -0.39 is 0 Å². The quantitative estimate of drug-likeness (QED) is 0.814. The maximum atomic E-state index is 5.84. The number of rotatable bonds is 2. The Kier molecular flexibility index (Phi) is 2.74. The summed E-state index contributed by atoms with van der Waals surface area (Å²) in [6.45, 7) is 3.59. The van der Waals surface area contributed by atoms with Gasteiger partial charge >= 0.3 is 0 Å². The van der Waals surface area contributed by atoms with Crippen LogP contribution in [0.15, 0.2) is 0 Å². The lowest BCUT2D eigenvalue weighted by Crippen LogP contribution is -2.61. The van der Waals surface area contributed by atoms with Gasteiger partial charge in [0.1, 0.15) is 0 Å². The van der Waals surface area contributed by atoms with Crippen LogP contribution in [0.3, 0.4) is 0 Å². The van der Waals surface area contributed by atoms with Crippen LogP contribution in [0.1, 0.15) is 51.4 Å². The average Bonchev–Trinajstić information content (AvgIpc) is 2.37. The fraction of sp³-hybridized carbons (Fsp3) is 1.00. The maximum Gasteiger partial charge on any atom is 0.0217 e. The predicted molar refractivity (Wildman–Crippen MR) is 74.3 cm³/mol. The first-order valence-corrected chi connectivity index (χ1v) is 8.22. The van der Waals surface area contributed by atoms with E-state index in [2.05, 4.69) is 4.90 Å². The van der Waals surface area contributed by atoms with E-state index in [1.165, 1.54) is 45.2 Å². The third-order valence-electron chi connectivity index (χ3n) is 6.62. The third kappa shape index (κ3) is 1.76. The van der Waals surface area contributed by atoms with E-state index in [1.807, 2.05) is 0 Å². The van der Waals surface area contributed by atoms with Crippen molar-refractivity contribution in [2.24, 2.45) is 29.4 Å². The lowest BCUT2D eigenvalue weighted by atomic mass is 9.52. The Morgan fingerprint density at radius 3 is 1.83 bits per heavy atom. The average molecular weight is 248 g/mol. The summed E-state index contributed by atoms with van der Waals surface area (Å²) in [5.74, 6) is 4.07. The van der Waals surface area contributed by atoms with E-state index in [-0.39, 0.29) is 0 Å². The van der Waals surface area contributed by atoms with Crippen LogP contribution >= 0.6 is 0 Å². The van der Waals surface area contributed by atoms with Crippen LogP contribution < -0.4 is 5.73 Å². The van der Waals surface area contributed by atoms with Crippen molar-refractivity contribution in [3.05, 3.63) is 0 Å². The molecule has 0 unspecified atom stereocenters. The highest BCUT2D eigenvalue weighted by Crippen LogP contribution is 2.58. The molecule has 5 fully saturated rings. The van der Waals surface area contributed by atoms with E-state index in [4.69, 9.17) is 5.73 Å². The minimum absolute atomic E-state index is 0.647. The zero-order chi connectivity index (χ0) is 12.2. The van der Waals surface area contributed by atoms with Gasteiger partial charge in [-0.15, -0.1) is 0 Å². The summed E-state index contributed by atoms with van der Waals surface area (Å²) >= 11 is 0. The topological polar surface area (TPSA) is 29.3 Å². The number of hydrogen-bond donors (Lipinski definition) is 1. The van der Waals surface area contributed by atoms with E-state index in [0.29, 0.717) is 5.54 Å². The largest absolute Gasteiger partial charge is 0.330 e. The molecule has 0 spiro atoms. The summed E-state index contributed by atoms with van der Waals surface area (Å²) < 4.78 is 0. The Balaban J connectivity index is 1.50. The SMILES string of the molecule is NCC1CCN(C23CC4CC(CC(C4)C2)C3)CC1. The van der Waals surface area contributed by atoms with E-state index in [0.717, 1.165) is 30.2 Å². The highest BCUT2D eigenvalue weighted by Gasteiger charge is 2.53. The van der Waals surface area contributed by atoms with Crippen molar-refractivity contribution in [1.29, 1.82) is 0 Å². The first-order valence-electron chi connectivity index (χ1n) is 8.22. The summed E-state index contributed by atoms with van der Waals surface area (Å²) in [7, 11) is 0. The summed E-state index contributed by atoms with van der Waals surface area (Å²) in [6, 6.07) is 0. The number of piperidine rings is 1. The molecule has 0 aromatic rings. The molecule has 4 aliphatic carbocycles. The van der Waals surface area contributed by atoms with Gasteiger partial charge in [-0.05, 0) is 94.7 Å². The minimum Gasteiger partial charge on any atom is -0.330 e. The van der Waals surface area contributed by atoms with Gasteiger partial charge in [0, 0.05) is 5.54 Å². The van der Waals surface area contributed by atoms with Crippen molar-refractivity contribution in [1.82, 2.24) is 4.90 Å². The predicted octanol–water partition coefficient (Wildman–Crippen LogP) is 2.63. The molecule has 0 radical (unpaired) electrons. The lowest BCUT2D eigenvalue weighted by Gasteiger charge is -2.61. The smallest absolute Gasteiger partial charge is 0.0217 e. The van der Waals surface area contributed by atoms with Gasteiger partial charge < -0.3 is 5.73 Å². The second-order valence-electron chi connectivity index (χ2n) is 7.81. The Morgan fingerprint density at radius 1 is 0.889 bits per heavy atom. The fourth-order valence-electron chi connectivity index (χ4n) is 6.10. The highest BCUT2D eigenvalue weighted by molar-refractivity contribution is 5.07. The van der Waals surface area contributed by atoms with Gasteiger partial charge in [0.25, 0.3) is 0 Å².